The van der Waals surface area contributed by atoms with Crippen LogP contribution in [0.25, 0.3) is 28.4 Å². The highest BCUT2D eigenvalue weighted by Gasteiger charge is 2.12. The highest BCUT2D eigenvalue weighted by Crippen LogP contribution is 2.29. The molecule has 6 nitrogen and oxygen atoms in total. The maximum Gasteiger partial charge on any atom is 0.241 e. The van der Waals surface area contributed by atoms with Gasteiger partial charge in [-0.05, 0) is 37.1 Å². The van der Waals surface area contributed by atoms with Crippen LogP contribution in [-0.2, 0) is 12.8 Å². The molecule has 0 unspecified atom stereocenters. The monoisotopic (exact) mass is 400 g/mol. The average Bonchev–Trinajstić information content (AvgIpc) is 3.25. The van der Waals surface area contributed by atoms with E-state index < -0.39 is 0 Å². The minimum atomic E-state index is 0.537. The van der Waals surface area contributed by atoms with Crippen LogP contribution in [0, 0.1) is 0 Å². The number of nitrogens with zero attached hydrogens (tertiary/aromatic N) is 4. The van der Waals surface area contributed by atoms with Gasteiger partial charge in [0.15, 0.2) is 0 Å². The molecule has 4 aromatic rings. The number of para-hydroxylation sites is 2. The molecule has 0 fully saturated rings. The Balaban J connectivity index is 1.54. The normalized spacial score (nSPS) is 11.4. The summed E-state index contributed by atoms with van der Waals surface area (Å²) in [5.41, 5.74) is 4.49. The minimum absolute atomic E-state index is 0.537. The molecule has 0 radical (unpaired) electrons. The molecule has 4 rings (SSSR count). The lowest BCUT2D eigenvalue weighted by Crippen LogP contribution is -2.00. The fourth-order valence-electron chi connectivity index (χ4n) is 3.16. The van der Waals surface area contributed by atoms with Crippen molar-refractivity contribution in [2.75, 3.05) is 6.61 Å². The first-order valence-electron chi connectivity index (χ1n) is 10.2. The SMILES string of the molecule is CCOc1nc2ccccc2nc1-c1cccc(/C=C/CCc2nnc(CC)o2)c1. The molecular formula is C24H24N4O2. The number of aromatic nitrogens is 4. The van der Waals surface area contributed by atoms with Gasteiger partial charge in [-0.25, -0.2) is 9.97 Å². The predicted octanol–water partition coefficient (Wildman–Crippen LogP) is 5.29. The van der Waals surface area contributed by atoms with Crippen molar-refractivity contribution in [2.24, 2.45) is 0 Å². The van der Waals surface area contributed by atoms with E-state index in [1.54, 1.807) is 0 Å². The maximum absolute atomic E-state index is 5.78. The van der Waals surface area contributed by atoms with Gasteiger partial charge >= 0.3 is 0 Å². The summed E-state index contributed by atoms with van der Waals surface area (Å²) >= 11 is 0. The first kappa shape index (κ1) is 19.8. The molecule has 0 saturated carbocycles. The van der Waals surface area contributed by atoms with Crippen LogP contribution in [0.5, 0.6) is 5.88 Å². The lowest BCUT2D eigenvalue weighted by molar-refractivity contribution is 0.328. The smallest absolute Gasteiger partial charge is 0.241 e. The van der Waals surface area contributed by atoms with Gasteiger partial charge in [-0.2, -0.15) is 0 Å². The molecule has 0 atom stereocenters. The lowest BCUT2D eigenvalue weighted by atomic mass is 10.1. The summed E-state index contributed by atoms with van der Waals surface area (Å²) in [7, 11) is 0. The zero-order chi connectivity index (χ0) is 20.8. The van der Waals surface area contributed by atoms with Gasteiger partial charge in [0, 0.05) is 18.4 Å². The van der Waals surface area contributed by atoms with Crippen molar-refractivity contribution in [2.45, 2.75) is 33.1 Å². The fourth-order valence-corrected chi connectivity index (χ4v) is 3.16. The summed E-state index contributed by atoms with van der Waals surface area (Å²) in [5.74, 6) is 1.92. The van der Waals surface area contributed by atoms with Gasteiger partial charge in [-0.3, -0.25) is 0 Å². The number of ether oxygens (including phenoxy) is 1. The van der Waals surface area contributed by atoms with Crippen LogP contribution in [-0.4, -0.2) is 26.8 Å². The van der Waals surface area contributed by atoms with Crippen LogP contribution in [0.3, 0.4) is 0 Å². The van der Waals surface area contributed by atoms with Crippen LogP contribution in [0.1, 0.15) is 37.6 Å². The van der Waals surface area contributed by atoms with Gasteiger partial charge in [0.2, 0.25) is 17.7 Å². The summed E-state index contributed by atoms with van der Waals surface area (Å²) in [6.45, 7) is 4.49. The molecule has 2 aromatic heterocycles. The van der Waals surface area contributed by atoms with E-state index in [9.17, 15) is 0 Å². The van der Waals surface area contributed by atoms with Crippen LogP contribution < -0.4 is 4.74 Å². The summed E-state index contributed by atoms with van der Waals surface area (Å²) < 4.78 is 11.3. The molecular weight excluding hydrogens is 376 g/mol. The Morgan fingerprint density at radius 2 is 1.73 bits per heavy atom. The standard InChI is InChI=1S/C24H24N4O2/c1-3-21-27-28-22(30-21)15-8-5-10-17-11-9-12-18(16-17)23-24(29-4-2)26-20-14-7-6-13-19(20)25-23/h5-7,9-14,16H,3-4,8,15H2,1-2H3/b10-5+. The highest BCUT2D eigenvalue weighted by atomic mass is 16.5. The Morgan fingerprint density at radius 3 is 2.50 bits per heavy atom. The summed E-state index contributed by atoms with van der Waals surface area (Å²) in [6, 6.07) is 16.0. The van der Waals surface area contributed by atoms with E-state index in [0.717, 1.165) is 47.1 Å². The third-order valence-corrected chi connectivity index (χ3v) is 4.63. The first-order chi connectivity index (χ1) is 14.8. The third kappa shape index (κ3) is 4.54. The van der Waals surface area contributed by atoms with Gasteiger partial charge in [0.1, 0.15) is 5.69 Å². The van der Waals surface area contributed by atoms with Gasteiger partial charge in [-0.15, -0.1) is 10.2 Å². The quantitative estimate of drug-likeness (QED) is 0.400. The van der Waals surface area contributed by atoms with Crippen LogP contribution in [0.15, 0.2) is 59.0 Å². The molecule has 2 aromatic carbocycles. The van der Waals surface area contributed by atoms with E-state index in [1.165, 1.54) is 0 Å². The number of rotatable bonds is 8. The second-order valence-corrected chi connectivity index (χ2v) is 6.81. The van der Waals surface area contributed by atoms with E-state index in [-0.39, 0.29) is 0 Å². The Hall–Kier alpha value is -3.54. The molecule has 0 amide bonds. The van der Waals surface area contributed by atoms with E-state index >= 15 is 0 Å². The Morgan fingerprint density at radius 1 is 0.933 bits per heavy atom. The van der Waals surface area contributed by atoms with Crippen molar-refractivity contribution < 1.29 is 9.15 Å². The van der Waals surface area contributed by atoms with E-state index in [0.29, 0.717) is 24.3 Å². The summed E-state index contributed by atoms with van der Waals surface area (Å²) in [6.07, 6.45) is 6.53. The van der Waals surface area contributed by atoms with Crippen molar-refractivity contribution in [3.05, 3.63) is 72.0 Å². The molecule has 0 spiro atoms. The minimum Gasteiger partial charge on any atom is -0.476 e. The Labute approximate surface area is 175 Å². The van der Waals surface area contributed by atoms with Crippen molar-refractivity contribution in [3.63, 3.8) is 0 Å². The summed E-state index contributed by atoms with van der Waals surface area (Å²) in [5, 5.41) is 8.05. The van der Waals surface area contributed by atoms with Gasteiger partial charge in [-0.1, -0.05) is 49.4 Å². The number of hydrogen-bond donors (Lipinski definition) is 0. The number of hydrogen-bond acceptors (Lipinski definition) is 6. The molecule has 0 saturated heterocycles. The van der Waals surface area contributed by atoms with Gasteiger partial charge < -0.3 is 9.15 Å². The summed E-state index contributed by atoms with van der Waals surface area (Å²) in [4.78, 5) is 9.48. The van der Waals surface area contributed by atoms with Crippen LogP contribution in [0.2, 0.25) is 0 Å². The second kappa shape index (κ2) is 9.31. The molecule has 0 aliphatic heterocycles. The molecule has 152 valence electrons. The van der Waals surface area contributed by atoms with Crippen molar-refractivity contribution in [1.82, 2.24) is 20.2 Å². The van der Waals surface area contributed by atoms with Gasteiger partial charge in [0.05, 0.1) is 17.6 Å². The molecule has 2 heterocycles. The highest BCUT2D eigenvalue weighted by molar-refractivity contribution is 5.80. The van der Waals surface area contributed by atoms with Crippen LogP contribution in [0.4, 0.5) is 0 Å². The topological polar surface area (TPSA) is 73.9 Å². The van der Waals surface area contributed by atoms with E-state index in [4.69, 9.17) is 14.1 Å². The molecule has 0 bridgehead atoms. The molecule has 0 aliphatic rings. The fraction of sp³-hybridized carbons (Fsp3) is 0.250. The van der Waals surface area contributed by atoms with Gasteiger partial charge in [0.25, 0.3) is 0 Å². The second-order valence-electron chi connectivity index (χ2n) is 6.81. The molecule has 30 heavy (non-hydrogen) atoms. The maximum atomic E-state index is 5.78. The van der Waals surface area contributed by atoms with E-state index in [2.05, 4.69) is 39.5 Å². The number of fused-ring (bicyclic) bond motifs is 1. The zero-order valence-corrected chi connectivity index (χ0v) is 17.2. The van der Waals surface area contributed by atoms with Crippen LogP contribution >= 0.6 is 0 Å². The largest absolute Gasteiger partial charge is 0.476 e. The van der Waals surface area contributed by atoms with E-state index in [1.807, 2.05) is 50.2 Å². The number of aryl methyl sites for hydroxylation is 2. The number of allylic oxidation sites excluding steroid dienone is 1. The zero-order valence-electron chi connectivity index (χ0n) is 17.2. The molecule has 6 heteroatoms. The molecule has 0 aliphatic carbocycles. The number of benzene rings is 2. The third-order valence-electron chi connectivity index (χ3n) is 4.63. The molecule has 0 N–H and O–H groups in total. The Kier molecular flexibility index (Phi) is 6.13. The first-order valence-corrected chi connectivity index (χ1v) is 10.2. The Bertz CT molecular complexity index is 1170. The van der Waals surface area contributed by atoms with Crippen molar-refractivity contribution >= 4 is 17.1 Å². The predicted molar refractivity (Wildman–Crippen MR) is 117 cm³/mol. The van der Waals surface area contributed by atoms with Crippen molar-refractivity contribution in [3.8, 4) is 17.1 Å². The average molecular weight is 400 g/mol. The lowest BCUT2D eigenvalue weighted by Gasteiger charge is -2.10. The van der Waals surface area contributed by atoms with Crippen molar-refractivity contribution in [1.29, 1.82) is 0 Å².